The van der Waals surface area contributed by atoms with Crippen LogP contribution in [-0.2, 0) is 12.8 Å². The lowest BCUT2D eigenvalue weighted by molar-refractivity contribution is 0.0935. The summed E-state index contributed by atoms with van der Waals surface area (Å²) in [4.78, 5) is 14.7. The van der Waals surface area contributed by atoms with Crippen molar-refractivity contribution in [1.82, 2.24) is 5.32 Å². The summed E-state index contributed by atoms with van der Waals surface area (Å²) in [6.07, 6.45) is 4.19. The molecule has 3 heteroatoms. The number of carbonyl (C=O) groups excluding carboxylic acids is 1. The van der Waals surface area contributed by atoms with Crippen molar-refractivity contribution in [3.8, 4) is 0 Å². The van der Waals surface area contributed by atoms with Gasteiger partial charge in [0, 0.05) is 31.4 Å². The minimum atomic E-state index is 0.0301. The van der Waals surface area contributed by atoms with E-state index in [1.54, 1.807) is 0 Å². The van der Waals surface area contributed by atoms with E-state index in [1.165, 1.54) is 16.7 Å². The average molecular weight is 322 g/mol. The molecule has 24 heavy (non-hydrogen) atoms. The first-order valence-electron chi connectivity index (χ1n) is 8.70. The van der Waals surface area contributed by atoms with Crippen molar-refractivity contribution < 1.29 is 4.79 Å². The fraction of sp³-hybridized carbons (Fsp3) is 0.381. The van der Waals surface area contributed by atoms with Crippen LogP contribution in [0, 0.1) is 6.92 Å². The molecule has 0 aliphatic heterocycles. The minimum absolute atomic E-state index is 0.0301. The fourth-order valence-electron chi connectivity index (χ4n) is 3.53. The van der Waals surface area contributed by atoms with Crippen molar-refractivity contribution in [1.29, 1.82) is 0 Å². The molecule has 2 aromatic carbocycles. The average Bonchev–Trinajstić information content (AvgIpc) is 2.76. The molecule has 2 aromatic rings. The first-order valence-corrected chi connectivity index (χ1v) is 8.70. The van der Waals surface area contributed by atoms with Gasteiger partial charge in [0.2, 0.25) is 0 Å². The van der Waals surface area contributed by atoms with E-state index >= 15 is 0 Å². The molecular weight excluding hydrogens is 296 g/mol. The van der Waals surface area contributed by atoms with E-state index in [1.807, 2.05) is 37.2 Å². The number of anilines is 1. The molecule has 1 aliphatic carbocycles. The molecule has 1 atom stereocenters. The van der Waals surface area contributed by atoms with Crippen LogP contribution in [-0.4, -0.2) is 26.0 Å². The summed E-state index contributed by atoms with van der Waals surface area (Å²) in [6, 6.07) is 14.7. The molecule has 1 aliphatic rings. The molecule has 0 bridgehead atoms. The van der Waals surface area contributed by atoms with Crippen molar-refractivity contribution in [2.24, 2.45) is 0 Å². The van der Waals surface area contributed by atoms with Gasteiger partial charge in [-0.05, 0) is 61.4 Å². The Labute approximate surface area is 144 Å². The number of benzene rings is 2. The SMILES string of the molecule is Cc1ccc(C(=O)N[C@H]2CCCc3ccccc3C2)cc1N(C)C. The third kappa shape index (κ3) is 3.61. The summed E-state index contributed by atoms with van der Waals surface area (Å²) in [5.41, 5.74) is 5.81. The standard InChI is InChI=1S/C21H26N2O/c1-15-11-12-18(14-20(15)23(2)3)21(24)22-19-10-6-9-16-7-4-5-8-17(16)13-19/h4-5,7-8,11-12,14,19H,6,9-10,13H2,1-3H3,(H,22,24)/t19-/m0/s1. The molecule has 0 unspecified atom stereocenters. The Hall–Kier alpha value is -2.29. The molecule has 0 fully saturated rings. The Bertz CT molecular complexity index is 736. The van der Waals surface area contributed by atoms with Crippen molar-refractivity contribution >= 4 is 11.6 Å². The Morgan fingerprint density at radius 2 is 1.88 bits per heavy atom. The largest absolute Gasteiger partial charge is 0.377 e. The zero-order chi connectivity index (χ0) is 17.1. The van der Waals surface area contributed by atoms with Gasteiger partial charge in [-0.25, -0.2) is 0 Å². The second-order valence-corrected chi connectivity index (χ2v) is 6.93. The van der Waals surface area contributed by atoms with E-state index in [4.69, 9.17) is 0 Å². The summed E-state index contributed by atoms with van der Waals surface area (Å²) < 4.78 is 0. The molecule has 1 amide bonds. The number of hydrogen-bond acceptors (Lipinski definition) is 2. The Kier molecular flexibility index (Phi) is 4.89. The quantitative estimate of drug-likeness (QED) is 0.873. The smallest absolute Gasteiger partial charge is 0.251 e. The van der Waals surface area contributed by atoms with Crippen LogP contribution < -0.4 is 10.2 Å². The van der Waals surface area contributed by atoms with E-state index in [9.17, 15) is 4.79 Å². The second-order valence-electron chi connectivity index (χ2n) is 6.93. The van der Waals surface area contributed by atoms with Gasteiger partial charge in [0.05, 0.1) is 0 Å². The number of hydrogen-bond donors (Lipinski definition) is 1. The number of nitrogens with zero attached hydrogens (tertiary/aromatic N) is 1. The monoisotopic (exact) mass is 322 g/mol. The van der Waals surface area contributed by atoms with Gasteiger partial charge in [-0.15, -0.1) is 0 Å². The summed E-state index contributed by atoms with van der Waals surface area (Å²) in [5.74, 6) is 0.0301. The maximum atomic E-state index is 12.7. The highest BCUT2D eigenvalue weighted by Gasteiger charge is 2.19. The van der Waals surface area contributed by atoms with Gasteiger partial charge in [-0.3, -0.25) is 4.79 Å². The molecule has 0 heterocycles. The van der Waals surface area contributed by atoms with Gasteiger partial charge < -0.3 is 10.2 Å². The van der Waals surface area contributed by atoms with Crippen LogP contribution in [0.15, 0.2) is 42.5 Å². The van der Waals surface area contributed by atoms with Crippen LogP contribution in [0.3, 0.4) is 0 Å². The fourth-order valence-corrected chi connectivity index (χ4v) is 3.53. The zero-order valence-corrected chi connectivity index (χ0v) is 14.8. The highest BCUT2D eigenvalue weighted by atomic mass is 16.1. The zero-order valence-electron chi connectivity index (χ0n) is 14.8. The maximum Gasteiger partial charge on any atom is 0.251 e. The molecule has 0 saturated heterocycles. The maximum absolute atomic E-state index is 12.7. The van der Waals surface area contributed by atoms with Gasteiger partial charge in [0.25, 0.3) is 5.91 Å². The van der Waals surface area contributed by atoms with Crippen molar-refractivity contribution in [2.75, 3.05) is 19.0 Å². The molecule has 0 aromatic heterocycles. The van der Waals surface area contributed by atoms with Gasteiger partial charge in [-0.2, -0.15) is 0 Å². The highest BCUT2D eigenvalue weighted by Crippen LogP contribution is 2.22. The predicted molar refractivity (Wildman–Crippen MR) is 99.8 cm³/mol. The third-order valence-corrected chi connectivity index (χ3v) is 4.87. The van der Waals surface area contributed by atoms with Gasteiger partial charge in [-0.1, -0.05) is 30.3 Å². The van der Waals surface area contributed by atoms with Crippen LogP contribution in [0.1, 0.15) is 39.9 Å². The van der Waals surface area contributed by atoms with Gasteiger partial charge in [0.1, 0.15) is 0 Å². The molecule has 0 spiro atoms. The van der Waals surface area contributed by atoms with Crippen LogP contribution >= 0.6 is 0 Å². The number of aryl methyl sites for hydroxylation is 2. The van der Waals surface area contributed by atoms with Crippen LogP contribution in [0.5, 0.6) is 0 Å². The van der Waals surface area contributed by atoms with E-state index in [2.05, 4.69) is 36.5 Å². The number of carbonyl (C=O) groups is 1. The summed E-state index contributed by atoms with van der Waals surface area (Å²) >= 11 is 0. The molecule has 0 saturated carbocycles. The van der Waals surface area contributed by atoms with Gasteiger partial charge >= 0.3 is 0 Å². The lowest BCUT2D eigenvalue weighted by Crippen LogP contribution is -2.36. The molecule has 3 rings (SSSR count). The Morgan fingerprint density at radius 3 is 2.62 bits per heavy atom. The van der Waals surface area contributed by atoms with E-state index in [0.717, 1.165) is 36.9 Å². The lowest BCUT2D eigenvalue weighted by atomic mass is 10.0. The lowest BCUT2D eigenvalue weighted by Gasteiger charge is -2.19. The first-order chi connectivity index (χ1) is 11.5. The Morgan fingerprint density at radius 1 is 1.12 bits per heavy atom. The van der Waals surface area contributed by atoms with Crippen molar-refractivity contribution in [3.63, 3.8) is 0 Å². The third-order valence-electron chi connectivity index (χ3n) is 4.87. The Balaban J connectivity index is 1.74. The molecule has 126 valence electrons. The van der Waals surface area contributed by atoms with Crippen LogP contribution in [0.4, 0.5) is 5.69 Å². The van der Waals surface area contributed by atoms with Gasteiger partial charge in [0.15, 0.2) is 0 Å². The number of amides is 1. The topological polar surface area (TPSA) is 32.3 Å². The molecule has 1 N–H and O–H groups in total. The number of fused-ring (bicyclic) bond motifs is 1. The second kappa shape index (κ2) is 7.08. The number of nitrogens with one attached hydrogen (secondary N) is 1. The summed E-state index contributed by atoms with van der Waals surface area (Å²) in [6.45, 7) is 2.07. The van der Waals surface area contributed by atoms with Crippen LogP contribution in [0.2, 0.25) is 0 Å². The van der Waals surface area contributed by atoms with E-state index in [0.29, 0.717) is 0 Å². The summed E-state index contributed by atoms with van der Waals surface area (Å²) in [5, 5.41) is 3.24. The van der Waals surface area contributed by atoms with E-state index < -0.39 is 0 Å². The van der Waals surface area contributed by atoms with Crippen molar-refractivity contribution in [3.05, 3.63) is 64.7 Å². The minimum Gasteiger partial charge on any atom is -0.377 e. The van der Waals surface area contributed by atoms with E-state index in [-0.39, 0.29) is 11.9 Å². The van der Waals surface area contributed by atoms with Crippen LogP contribution in [0.25, 0.3) is 0 Å². The highest BCUT2D eigenvalue weighted by molar-refractivity contribution is 5.95. The molecular formula is C21H26N2O. The van der Waals surface area contributed by atoms with Crippen molar-refractivity contribution in [2.45, 2.75) is 38.6 Å². The summed E-state index contributed by atoms with van der Waals surface area (Å²) in [7, 11) is 4.01. The predicted octanol–water partition coefficient (Wildman–Crippen LogP) is 3.74. The first kappa shape index (κ1) is 16.6. The molecule has 3 nitrogen and oxygen atoms in total. The molecule has 0 radical (unpaired) electrons. The normalized spacial score (nSPS) is 16.9. The number of rotatable bonds is 3.